The lowest BCUT2D eigenvalue weighted by atomic mass is 10.4. The molecule has 0 aliphatic carbocycles. The molecule has 0 saturated heterocycles. The maximum atomic E-state index is 12.4. The molecule has 0 spiro atoms. The van der Waals surface area contributed by atoms with Crippen molar-refractivity contribution in [2.24, 2.45) is 0 Å². The molecule has 0 atom stereocenters. The quantitative estimate of drug-likeness (QED) is 0.195. The first-order valence-electron chi connectivity index (χ1n) is 11.4. The van der Waals surface area contributed by atoms with Crippen LogP contribution in [-0.2, 0) is 26.6 Å². The maximum absolute atomic E-state index is 12.4. The zero-order chi connectivity index (χ0) is 23.6. The second-order valence-corrected chi connectivity index (χ2v) is 12.3. The Kier molecular flexibility index (Phi) is 18.2. The molecule has 0 rings (SSSR count). The van der Waals surface area contributed by atoms with E-state index in [-0.39, 0.29) is 6.03 Å². The lowest BCUT2D eigenvalue weighted by molar-refractivity contribution is 0.0697. The van der Waals surface area contributed by atoms with E-state index in [1.54, 1.807) is 4.90 Å². The molecular formula is C19H44N2O7SSi2. The summed E-state index contributed by atoms with van der Waals surface area (Å²) < 4.78 is 37.8. The Balaban J connectivity index is 4.98. The molecule has 186 valence electrons. The summed E-state index contributed by atoms with van der Waals surface area (Å²) in [7, 11) is -5.46. The molecule has 9 nitrogen and oxygen atoms in total. The van der Waals surface area contributed by atoms with Crippen LogP contribution in [0.5, 0.6) is 0 Å². The molecule has 0 aliphatic heterocycles. The van der Waals surface area contributed by atoms with Crippen molar-refractivity contribution in [2.45, 2.75) is 66.5 Å². The van der Waals surface area contributed by atoms with Gasteiger partial charge in [-0.05, 0) is 54.4 Å². The number of nitrogens with zero attached hydrogens (tertiary/aromatic N) is 1. The highest BCUT2D eigenvalue weighted by Gasteiger charge is 2.41. The molecule has 0 radical (unpaired) electrons. The van der Waals surface area contributed by atoms with Gasteiger partial charge in [-0.25, -0.2) is 4.79 Å². The van der Waals surface area contributed by atoms with E-state index in [0.717, 1.165) is 0 Å². The molecule has 31 heavy (non-hydrogen) atoms. The van der Waals surface area contributed by atoms with E-state index >= 15 is 0 Å². The molecule has 0 fully saturated rings. The lowest BCUT2D eigenvalue weighted by Crippen LogP contribution is -2.48. The van der Waals surface area contributed by atoms with Crippen molar-refractivity contribution < 1.29 is 31.4 Å². The first kappa shape index (κ1) is 30.8. The minimum absolute atomic E-state index is 0.240. The van der Waals surface area contributed by atoms with Crippen LogP contribution in [-0.4, -0.2) is 81.3 Å². The van der Waals surface area contributed by atoms with Crippen molar-refractivity contribution in [2.75, 3.05) is 52.7 Å². The second kappa shape index (κ2) is 18.3. The third-order valence-corrected chi connectivity index (χ3v) is 10.9. The number of amides is 2. The number of hydrogen-bond donors (Lipinski definition) is 2. The molecule has 0 bridgehead atoms. The summed E-state index contributed by atoms with van der Waals surface area (Å²) in [5.41, 5.74) is 0. The fourth-order valence-corrected chi connectivity index (χ4v) is 8.69. The zero-order valence-electron chi connectivity index (χ0n) is 20.2. The van der Waals surface area contributed by atoms with Crippen LogP contribution in [0.25, 0.3) is 0 Å². The van der Waals surface area contributed by atoms with Gasteiger partial charge in [0.2, 0.25) is 0 Å². The van der Waals surface area contributed by atoms with Crippen molar-refractivity contribution in [1.82, 2.24) is 9.62 Å². The fraction of sp³-hybridized carbons (Fsp3) is 0.947. The van der Waals surface area contributed by atoms with Gasteiger partial charge < -0.3 is 31.5 Å². The lowest BCUT2D eigenvalue weighted by Gasteiger charge is -2.31. The van der Waals surface area contributed by atoms with Crippen LogP contribution in [0.2, 0.25) is 12.1 Å². The van der Waals surface area contributed by atoms with E-state index in [9.17, 15) is 4.79 Å². The van der Waals surface area contributed by atoms with E-state index in [0.29, 0.717) is 77.7 Å². The summed E-state index contributed by atoms with van der Waals surface area (Å²) >= 11 is 3.94. The molecule has 0 aromatic rings. The van der Waals surface area contributed by atoms with Gasteiger partial charge >= 0.3 is 23.6 Å². The van der Waals surface area contributed by atoms with E-state index in [2.05, 4.69) is 17.5 Å². The summed E-state index contributed by atoms with van der Waals surface area (Å²) in [6.45, 7) is 15.9. The van der Waals surface area contributed by atoms with Gasteiger partial charge in [0.05, 0.1) is 0 Å². The molecule has 0 aromatic carbocycles. The third-order valence-electron chi connectivity index (χ3n) is 4.39. The molecule has 0 saturated carbocycles. The van der Waals surface area contributed by atoms with E-state index < -0.39 is 17.6 Å². The smallest absolute Gasteiger partial charge is 0.374 e. The summed E-state index contributed by atoms with van der Waals surface area (Å²) in [4.78, 5) is 14.1. The van der Waals surface area contributed by atoms with Crippen molar-refractivity contribution in [3.8, 4) is 0 Å². The topological polar surface area (TPSA) is 87.7 Å². The highest BCUT2D eigenvalue weighted by Crippen LogP contribution is 2.21. The molecule has 0 unspecified atom stereocenters. The van der Waals surface area contributed by atoms with Gasteiger partial charge in [0.25, 0.3) is 0 Å². The van der Waals surface area contributed by atoms with E-state index in [1.165, 1.54) is 0 Å². The SMILES string of the molecule is CCO[Si](CCCN(CCC[Si](OCC)(OCC)OCC)C(=O)NS)(OCC)OCC. The van der Waals surface area contributed by atoms with Gasteiger partial charge in [-0.1, -0.05) is 12.8 Å². The number of carbonyl (C=O) groups excluding carboxylic acids is 1. The van der Waals surface area contributed by atoms with Crippen molar-refractivity contribution in [1.29, 1.82) is 0 Å². The zero-order valence-corrected chi connectivity index (χ0v) is 23.1. The third kappa shape index (κ3) is 12.0. The molecule has 12 heteroatoms. The van der Waals surface area contributed by atoms with Crippen molar-refractivity contribution >= 4 is 36.5 Å². The number of urea groups is 1. The Morgan fingerprint density at radius 3 is 1.19 bits per heavy atom. The van der Waals surface area contributed by atoms with Crippen LogP contribution in [0, 0.1) is 0 Å². The summed E-state index contributed by atoms with van der Waals surface area (Å²) in [6, 6.07) is 1.05. The Morgan fingerprint density at radius 2 is 0.968 bits per heavy atom. The normalized spacial score (nSPS) is 12.2. The summed E-state index contributed by atoms with van der Waals surface area (Å²) in [5, 5.41) is 0. The highest BCUT2D eigenvalue weighted by molar-refractivity contribution is 7.78. The molecule has 1 N–H and O–H groups in total. The van der Waals surface area contributed by atoms with E-state index in [1.807, 2.05) is 41.5 Å². The fourth-order valence-electron chi connectivity index (χ4n) is 3.36. The van der Waals surface area contributed by atoms with Gasteiger partial charge in [-0.2, -0.15) is 0 Å². The summed E-state index contributed by atoms with van der Waals surface area (Å²) in [6.07, 6.45) is 1.41. The Bertz CT molecular complexity index is 401. The molecule has 0 aliphatic rings. The largest absolute Gasteiger partial charge is 0.500 e. The number of rotatable bonds is 20. The number of hydrogen-bond acceptors (Lipinski definition) is 8. The minimum atomic E-state index is -2.73. The average molecular weight is 501 g/mol. The maximum Gasteiger partial charge on any atom is 0.500 e. The van der Waals surface area contributed by atoms with E-state index in [4.69, 9.17) is 26.6 Å². The predicted molar refractivity (Wildman–Crippen MR) is 129 cm³/mol. The molecule has 0 aromatic heterocycles. The van der Waals surface area contributed by atoms with Gasteiger partial charge in [-0.15, -0.1) is 0 Å². The Hall–Kier alpha value is -0.186. The van der Waals surface area contributed by atoms with Gasteiger partial charge in [0.15, 0.2) is 0 Å². The molecule has 2 amide bonds. The number of nitrogens with one attached hydrogen (secondary N) is 1. The number of thiol groups is 1. The van der Waals surface area contributed by atoms with Gasteiger partial charge in [-0.3, -0.25) is 4.72 Å². The highest BCUT2D eigenvalue weighted by atomic mass is 32.1. The Labute approximate surface area is 196 Å². The first-order chi connectivity index (χ1) is 14.9. The Morgan fingerprint density at radius 1 is 0.677 bits per heavy atom. The van der Waals surface area contributed by atoms with Crippen LogP contribution in [0.4, 0.5) is 4.79 Å². The van der Waals surface area contributed by atoms with Crippen LogP contribution in [0.15, 0.2) is 0 Å². The van der Waals surface area contributed by atoms with Crippen molar-refractivity contribution in [3.63, 3.8) is 0 Å². The van der Waals surface area contributed by atoms with Gasteiger partial charge in [0, 0.05) is 64.8 Å². The first-order valence-corrected chi connectivity index (χ1v) is 15.8. The van der Waals surface area contributed by atoms with Crippen LogP contribution >= 0.6 is 12.8 Å². The predicted octanol–water partition coefficient (Wildman–Crippen LogP) is 3.72. The van der Waals surface area contributed by atoms with Crippen LogP contribution in [0.3, 0.4) is 0 Å². The minimum Gasteiger partial charge on any atom is -0.374 e. The van der Waals surface area contributed by atoms with Crippen LogP contribution in [0.1, 0.15) is 54.4 Å². The van der Waals surface area contributed by atoms with Crippen molar-refractivity contribution in [3.05, 3.63) is 0 Å². The molecular weight excluding hydrogens is 456 g/mol. The average Bonchev–Trinajstić information content (AvgIpc) is 2.73. The number of carbonyl (C=O) groups is 1. The monoisotopic (exact) mass is 500 g/mol. The standard InChI is InChI=1S/C19H44N2O7SSi2/c1-7-23-30(24-8-2,25-9-3)17-13-15-21(19(22)20-29)16-14-18-31(26-10-4,27-11-5)28-12-6/h29H,7-18H2,1-6H3,(H,20,22). The second-order valence-electron chi connectivity index (χ2n) is 6.58. The van der Waals surface area contributed by atoms with Gasteiger partial charge in [0.1, 0.15) is 0 Å². The summed E-state index contributed by atoms with van der Waals surface area (Å²) in [5.74, 6) is 0. The molecule has 0 heterocycles. The van der Waals surface area contributed by atoms with Crippen LogP contribution < -0.4 is 4.72 Å².